The lowest BCUT2D eigenvalue weighted by Crippen LogP contribution is -2.24. The summed E-state index contributed by atoms with van der Waals surface area (Å²) in [5.41, 5.74) is 7.40. The van der Waals surface area contributed by atoms with Crippen LogP contribution in [0, 0.1) is 6.92 Å². The van der Waals surface area contributed by atoms with E-state index in [0.717, 1.165) is 16.1 Å². The number of benzene rings is 1. The number of aryl methyl sites for hydroxylation is 1. The molecule has 0 saturated heterocycles. The molecule has 0 fully saturated rings. The van der Waals surface area contributed by atoms with Crippen molar-refractivity contribution < 1.29 is 9.53 Å². The molecule has 0 heterocycles. The molecule has 0 aromatic heterocycles. The number of carbonyl (C=O) groups excluding carboxylic acids is 1. The maximum atomic E-state index is 11.5. The van der Waals surface area contributed by atoms with Crippen LogP contribution in [0.5, 0.6) is 0 Å². The Morgan fingerprint density at radius 2 is 2.06 bits per heavy atom. The fraction of sp³-hybridized carbons (Fsp3) is 0.500. The second kappa shape index (κ2) is 6.14. The number of nitrogen functional groups attached to an aromatic ring is 1. The number of esters is 1. The van der Waals surface area contributed by atoms with Crippen molar-refractivity contribution in [3.63, 3.8) is 0 Å². The van der Waals surface area contributed by atoms with Crippen LogP contribution < -0.4 is 5.73 Å². The molecule has 2 N–H and O–H groups in total. The summed E-state index contributed by atoms with van der Waals surface area (Å²) in [6.45, 7) is 7.62. The molecule has 0 spiro atoms. The van der Waals surface area contributed by atoms with Crippen LogP contribution in [-0.4, -0.2) is 17.3 Å². The summed E-state index contributed by atoms with van der Waals surface area (Å²) in [5, 5.41) is 0. The van der Waals surface area contributed by atoms with Crippen molar-refractivity contribution in [2.75, 3.05) is 11.5 Å². The molecule has 0 amide bonds. The lowest BCUT2D eigenvalue weighted by molar-refractivity contribution is -0.154. The van der Waals surface area contributed by atoms with Crippen LogP contribution in [-0.2, 0) is 9.53 Å². The fourth-order valence-electron chi connectivity index (χ4n) is 1.44. The molecule has 0 saturated carbocycles. The fourth-order valence-corrected chi connectivity index (χ4v) is 2.31. The molecular weight excluding hydrogens is 246 g/mol. The lowest BCUT2D eigenvalue weighted by Gasteiger charge is -2.19. The first kappa shape index (κ1) is 14.9. The van der Waals surface area contributed by atoms with Crippen LogP contribution >= 0.6 is 11.8 Å². The highest BCUT2D eigenvalue weighted by Gasteiger charge is 2.15. The zero-order valence-electron chi connectivity index (χ0n) is 11.4. The van der Waals surface area contributed by atoms with Crippen LogP contribution in [0.15, 0.2) is 23.1 Å². The number of rotatable bonds is 4. The van der Waals surface area contributed by atoms with Crippen LogP contribution in [0.4, 0.5) is 5.69 Å². The second-order valence-corrected chi connectivity index (χ2v) is 6.36. The van der Waals surface area contributed by atoms with E-state index in [4.69, 9.17) is 10.5 Å². The largest absolute Gasteiger partial charge is 0.460 e. The van der Waals surface area contributed by atoms with E-state index >= 15 is 0 Å². The van der Waals surface area contributed by atoms with Crippen molar-refractivity contribution >= 4 is 23.4 Å². The van der Waals surface area contributed by atoms with Gasteiger partial charge in [0.25, 0.3) is 0 Å². The zero-order valence-corrected chi connectivity index (χ0v) is 12.3. The molecule has 4 heteroatoms. The van der Waals surface area contributed by atoms with Gasteiger partial charge < -0.3 is 10.5 Å². The molecule has 0 radical (unpaired) electrons. The Morgan fingerprint density at radius 3 is 2.61 bits per heavy atom. The van der Waals surface area contributed by atoms with E-state index in [9.17, 15) is 4.79 Å². The van der Waals surface area contributed by atoms with Gasteiger partial charge in [-0.25, -0.2) is 0 Å². The number of hydrogen-bond donors (Lipinski definition) is 1. The Hall–Kier alpha value is -1.16. The van der Waals surface area contributed by atoms with Gasteiger partial charge in [-0.15, -0.1) is 11.8 Å². The van der Waals surface area contributed by atoms with Gasteiger partial charge in [0, 0.05) is 16.3 Å². The van der Waals surface area contributed by atoms with Gasteiger partial charge in [-0.3, -0.25) is 4.79 Å². The topological polar surface area (TPSA) is 52.3 Å². The molecule has 3 nitrogen and oxygen atoms in total. The monoisotopic (exact) mass is 267 g/mol. The van der Waals surface area contributed by atoms with Gasteiger partial charge in [0.15, 0.2) is 0 Å². The molecule has 100 valence electrons. The Balaban J connectivity index is 2.40. The maximum absolute atomic E-state index is 11.5. The number of thioether (sulfide) groups is 1. The predicted molar refractivity (Wildman–Crippen MR) is 76.8 cm³/mol. The number of carbonyl (C=O) groups is 1. The van der Waals surface area contributed by atoms with Crippen molar-refractivity contribution in [2.45, 2.75) is 44.6 Å². The standard InChI is InChI=1S/C14H21NO2S/c1-10-5-6-12(11(15)9-10)18-8-7-13(16)17-14(2,3)4/h5-6,9H,7-8,15H2,1-4H3. The Kier molecular flexibility index (Phi) is 5.08. The highest BCUT2D eigenvalue weighted by atomic mass is 32.2. The van der Waals surface area contributed by atoms with Gasteiger partial charge in [0.1, 0.15) is 5.60 Å². The number of hydrogen-bond acceptors (Lipinski definition) is 4. The van der Waals surface area contributed by atoms with E-state index in [1.54, 1.807) is 11.8 Å². The van der Waals surface area contributed by atoms with Crippen molar-refractivity contribution in [1.29, 1.82) is 0 Å². The molecule has 0 aliphatic rings. The minimum Gasteiger partial charge on any atom is -0.460 e. The lowest BCUT2D eigenvalue weighted by atomic mass is 10.2. The van der Waals surface area contributed by atoms with E-state index < -0.39 is 5.60 Å². The van der Waals surface area contributed by atoms with Gasteiger partial charge in [0.2, 0.25) is 0 Å². The molecule has 0 bridgehead atoms. The summed E-state index contributed by atoms with van der Waals surface area (Å²) in [7, 11) is 0. The van der Waals surface area contributed by atoms with Crippen molar-refractivity contribution in [3.8, 4) is 0 Å². The van der Waals surface area contributed by atoms with Gasteiger partial charge in [0.05, 0.1) is 6.42 Å². The molecule has 0 aliphatic carbocycles. The Morgan fingerprint density at radius 1 is 1.39 bits per heavy atom. The molecule has 0 unspecified atom stereocenters. The minimum absolute atomic E-state index is 0.166. The smallest absolute Gasteiger partial charge is 0.307 e. The van der Waals surface area contributed by atoms with Gasteiger partial charge >= 0.3 is 5.97 Å². The molecule has 1 aromatic rings. The number of ether oxygens (including phenoxy) is 1. The third kappa shape index (κ3) is 5.45. The summed E-state index contributed by atoms with van der Waals surface area (Å²) >= 11 is 1.58. The first-order chi connectivity index (χ1) is 8.28. The molecular formula is C14H21NO2S. The zero-order chi connectivity index (χ0) is 13.8. The van der Waals surface area contributed by atoms with E-state index in [-0.39, 0.29) is 5.97 Å². The van der Waals surface area contributed by atoms with Crippen molar-refractivity contribution in [2.24, 2.45) is 0 Å². The minimum atomic E-state index is -0.412. The summed E-state index contributed by atoms with van der Waals surface area (Å²) in [6, 6.07) is 5.95. The summed E-state index contributed by atoms with van der Waals surface area (Å²) < 4.78 is 5.24. The summed E-state index contributed by atoms with van der Waals surface area (Å²) in [4.78, 5) is 12.5. The quantitative estimate of drug-likeness (QED) is 0.516. The highest BCUT2D eigenvalue weighted by Crippen LogP contribution is 2.26. The Labute approximate surface area is 113 Å². The predicted octanol–water partition coefficient (Wildman–Crippen LogP) is 3.40. The average molecular weight is 267 g/mol. The van der Waals surface area contributed by atoms with Crippen LogP contribution in [0.25, 0.3) is 0 Å². The number of nitrogens with two attached hydrogens (primary N) is 1. The van der Waals surface area contributed by atoms with Crippen LogP contribution in [0.3, 0.4) is 0 Å². The molecule has 0 aliphatic heterocycles. The van der Waals surface area contributed by atoms with Crippen LogP contribution in [0.1, 0.15) is 32.8 Å². The third-order valence-electron chi connectivity index (χ3n) is 2.15. The van der Waals surface area contributed by atoms with Crippen molar-refractivity contribution in [1.82, 2.24) is 0 Å². The molecule has 0 atom stereocenters. The molecule has 1 aromatic carbocycles. The third-order valence-corrected chi connectivity index (χ3v) is 3.24. The van der Waals surface area contributed by atoms with E-state index in [0.29, 0.717) is 12.2 Å². The summed E-state index contributed by atoms with van der Waals surface area (Å²) in [5.74, 6) is 0.517. The summed E-state index contributed by atoms with van der Waals surface area (Å²) in [6.07, 6.45) is 0.398. The van der Waals surface area contributed by atoms with E-state index in [1.165, 1.54) is 0 Å². The first-order valence-electron chi connectivity index (χ1n) is 5.99. The molecule has 1 rings (SSSR count). The first-order valence-corrected chi connectivity index (χ1v) is 6.97. The van der Waals surface area contributed by atoms with Gasteiger partial charge in [-0.05, 0) is 45.4 Å². The maximum Gasteiger partial charge on any atom is 0.307 e. The van der Waals surface area contributed by atoms with Gasteiger partial charge in [-0.1, -0.05) is 6.07 Å². The number of anilines is 1. The van der Waals surface area contributed by atoms with Crippen LogP contribution in [0.2, 0.25) is 0 Å². The van der Waals surface area contributed by atoms with E-state index in [1.807, 2.05) is 45.9 Å². The average Bonchev–Trinajstić information content (AvgIpc) is 2.18. The molecule has 18 heavy (non-hydrogen) atoms. The van der Waals surface area contributed by atoms with E-state index in [2.05, 4.69) is 0 Å². The van der Waals surface area contributed by atoms with Crippen molar-refractivity contribution in [3.05, 3.63) is 23.8 Å². The normalized spacial score (nSPS) is 11.3. The van der Waals surface area contributed by atoms with Gasteiger partial charge in [-0.2, -0.15) is 0 Å². The Bertz CT molecular complexity index is 424. The SMILES string of the molecule is Cc1ccc(SCCC(=O)OC(C)(C)C)c(N)c1. The second-order valence-electron chi connectivity index (χ2n) is 5.23. The highest BCUT2D eigenvalue weighted by molar-refractivity contribution is 7.99.